The number of hydrogen-bond donors (Lipinski definition) is 1. The summed E-state index contributed by atoms with van der Waals surface area (Å²) >= 11 is 0. The number of anilines is 1. The van der Waals surface area contributed by atoms with Crippen LogP contribution in [0.3, 0.4) is 0 Å². The van der Waals surface area contributed by atoms with Crippen LogP contribution >= 0.6 is 0 Å². The number of aromatic nitrogens is 3. The van der Waals surface area contributed by atoms with Gasteiger partial charge in [-0.05, 0) is 38.0 Å². The Hall–Kier alpha value is -2.97. The highest BCUT2D eigenvalue weighted by molar-refractivity contribution is 5.92. The van der Waals surface area contributed by atoms with Gasteiger partial charge in [0.05, 0.1) is 16.8 Å². The summed E-state index contributed by atoms with van der Waals surface area (Å²) in [6, 6.07) is 4.19. The van der Waals surface area contributed by atoms with Crippen LogP contribution in [0.5, 0.6) is 0 Å². The molecule has 146 valence electrons. The minimum Gasteiger partial charge on any atom is -0.322 e. The molecule has 1 saturated carbocycles. The molecule has 2 aromatic heterocycles. The van der Waals surface area contributed by atoms with Gasteiger partial charge in [-0.25, -0.2) is 27.2 Å². The predicted octanol–water partition coefficient (Wildman–Crippen LogP) is 4.47. The van der Waals surface area contributed by atoms with Crippen LogP contribution in [-0.2, 0) is 11.3 Å². The Kier molecular flexibility index (Phi) is 4.52. The average molecular weight is 392 g/mol. The highest BCUT2D eigenvalue weighted by Gasteiger charge is 2.29. The van der Waals surface area contributed by atoms with Gasteiger partial charge in [-0.2, -0.15) is 5.10 Å². The van der Waals surface area contributed by atoms with Crippen molar-refractivity contribution in [2.24, 2.45) is 0 Å². The Balaban J connectivity index is 1.67. The third-order valence-corrected chi connectivity index (χ3v) is 4.66. The number of carbonyl (C=O) groups is 1. The molecule has 0 bridgehead atoms. The molecule has 0 unspecified atom stereocenters. The van der Waals surface area contributed by atoms with Crippen molar-refractivity contribution in [2.75, 3.05) is 5.32 Å². The molecule has 3 aromatic rings. The second-order valence-corrected chi connectivity index (χ2v) is 6.83. The fourth-order valence-electron chi connectivity index (χ4n) is 3.19. The molecule has 2 heterocycles. The molecule has 0 saturated heterocycles. The van der Waals surface area contributed by atoms with Gasteiger partial charge in [0.25, 0.3) is 6.43 Å². The van der Waals surface area contributed by atoms with Crippen LogP contribution in [-0.4, -0.2) is 20.7 Å². The Morgan fingerprint density at radius 2 is 2.04 bits per heavy atom. The summed E-state index contributed by atoms with van der Waals surface area (Å²) in [6.45, 7) is 1.23. The third kappa shape index (κ3) is 3.44. The van der Waals surface area contributed by atoms with E-state index in [0.29, 0.717) is 17.5 Å². The standard InChI is InChI=1S/C19H16F4N4O/c1-9-17-12(18(22)23)7-15(10-2-3-10)25-19(17)27(26-9)8-16(28)24-14-5-4-11(20)6-13(14)21/h4-7,10,18H,2-3,8H2,1H3,(H,24,28). The quantitative estimate of drug-likeness (QED) is 0.652. The van der Waals surface area contributed by atoms with Gasteiger partial charge in [0.2, 0.25) is 5.91 Å². The van der Waals surface area contributed by atoms with Gasteiger partial charge in [0.15, 0.2) is 5.65 Å². The van der Waals surface area contributed by atoms with E-state index in [1.807, 2.05) is 0 Å². The molecule has 1 amide bonds. The van der Waals surface area contributed by atoms with E-state index in [1.54, 1.807) is 6.92 Å². The molecular formula is C19H16F4N4O. The van der Waals surface area contributed by atoms with Crippen molar-refractivity contribution in [3.05, 3.63) is 52.9 Å². The predicted molar refractivity (Wildman–Crippen MR) is 94.2 cm³/mol. The van der Waals surface area contributed by atoms with Crippen LogP contribution in [0.1, 0.15) is 42.1 Å². The number of amides is 1. The number of rotatable bonds is 5. The fraction of sp³-hybridized carbons (Fsp3) is 0.316. The van der Waals surface area contributed by atoms with E-state index in [4.69, 9.17) is 0 Å². The summed E-state index contributed by atoms with van der Waals surface area (Å²) in [4.78, 5) is 16.8. The average Bonchev–Trinajstić information content (AvgIpc) is 3.43. The van der Waals surface area contributed by atoms with E-state index in [-0.39, 0.29) is 34.7 Å². The molecule has 4 rings (SSSR count). The molecular weight excluding hydrogens is 376 g/mol. The lowest BCUT2D eigenvalue weighted by Gasteiger charge is -2.09. The zero-order valence-corrected chi connectivity index (χ0v) is 14.8. The molecule has 0 radical (unpaired) electrons. The number of aryl methyl sites for hydroxylation is 1. The zero-order chi connectivity index (χ0) is 20.0. The Bertz CT molecular complexity index is 1080. The lowest BCUT2D eigenvalue weighted by atomic mass is 10.1. The molecule has 5 nitrogen and oxygen atoms in total. The van der Waals surface area contributed by atoms with Gasteiger partial charge < -0.3 is 5.32 Å². The van der Waals surface area contributed by atoms with E-state index in [9.17, 15) is 22.4 Å². The maximum atomic E-state index is 13.7. The van der Waals surface area contributed by atoms with Crippen molar-refractivity contribution in [2.45, 2.75) is 38.7 Å². The Labute approximate surface area is 157 Å². The normalized spacial score (nSPS) is 14.1. The van der Waals surface area contributed by atoms with Gasteiger partial charge in [0.1, 0.15) is 18.2 Å². The number of fused-ring (bicyclic) bond motifs is 1. The molecule has 9 heteroatoms. The number of benzene rings is 1. The molecule has 0 atom stereocenters. The summed E-state index contributed by atoms with van der Waals surface area (Å²) < 4.78 is 55.1. The van der Waals surface area contributed by atoms with Crippen molar-refractivity contribution in [1.82, 2.24) is 14.8 Å². The van der Waals surface area contributed by atoms with Gasteiger partial charge in [-0.3, -0.25) is 4.79 Å². The molecule has 28 heavy (non-hydrogen) atoms. The first-order valence-electron chi connectivity index (χ1n) is 8.74. The molecule has 0 aliphatic heterocycles. The summed E-state index contributed by atoms with van der Waals surface area (Å²) in [6.07, 6.45) is -0.918. The second-order valence-electron chi connectivity index (χ2n) is 6.83. The number of pyridine rings is 1. The fourth-order valence-corrected chi connectivity index (χ4v) is 3.19. The van der Waals surface area contributed by atoms with Crippen molar-refractivity contribution in [1.29, 1.82) is 0 Å². The van der Waals surface area contributed by atoms with Gasteiger partial charge in [-0.1, -0.05) is 0 Å². The van der Waals surface area contributed by atoms with E-state index >= 15 is 0 Å². The van der Waals surface area contributed by atoms with Crippen molar-refractivity contribution >= 4 is 22.6 Å². The lowest BCUT2D eigenvalue weighted by Crippen LogP contribution is -2.20. The molecule has 1 aromatic carbocycles. The molecule has 1 fully saturated rings. The van der Waals surface area contributed by atoms with E-state index in [1.165, 1.54) is 10.7 Å². The van der Waals surface area contributed by atoms with Gasteiger partial charge in [0, 0.05) is 23.2 Å². The van der Waals surface area contributed by atoms with Crippen LogP contribution in [0.15, 0.2) is 24.3 Å². The number of nitrogens with one attached hydrogen (secondary N) is 1. The Morgan fingerprint density at radius 3 is 2.68 bits per heavy atom. The number of hydrogen-bond acceptors (Lipinski definition) is 3. The topological polar surface area (TPSA) is 59.8 Å². The first kappa shape index (κ1) is 18.4. The van der Waals surface area contributed by atoms with Crippen LogP contribution < -0.4 is 5.32 Å². The number of alkyl halides is 2. The smallest absolute Gasteiger partial charge is 0.264 e. The minimum absolute atomic E-state index is 0.146. The van der Waals surface area contributed by atoms with Crippen molar-refractivity contribution in [3.8, 4) is 0 Å². The largest absolute Gasteiger partial charge is 0.322 e. The maximum Gasteiger partial charge on any atom is 0.264 e. The van der Waals surface area contributed by atoms with E-state index in [2.05, 4.69) is 15.4 Å². The van der Waals surface area contributed by atoms with Crippen molar-refractivity contribution in [3.63, 3.8) is 0 Å². The van der Waals surface area contributed by atoms with Gasteiger partial charge in [-0.15, -0.1) is 0 Å². The van der Waals surface area contributed by atoms with Crippen LogP contribution in [0.4, 0.5) is 23.2 Å². The van der Waals surface area contributed by atoms with Crippen LogP contribution in [0.25, 0.3) is 11.0 Å². The summed E-state index contributed by atoms with van der Waals surface area (Å²) in [5.41, 5.74) is 0.766. The minimum atomic E-state index is -2.69. The SMILES string of the molecule is Cc1nn(CC(=O)Nc2ccc(F)cc2F)c2nc(C3CC3)cc(C(F)F)c12. The maximum absolute atomic E-state index is 13.7. The summed E-state index contributed by atoms with van der Waals surface area (Å²) in [5.74, 6) is -2.16. The summed E-state index contributed by atoms with van der Waals surface area (Å²) in [7, 11) is 0. The summed E-state index contributed by atoms with van der Waals surface area (Å²) in [5, 5.41) is 6.73. The molecule has 1 aliphatic rings. The molecule has 1 N–H and O–H groups in total. The third-order valence-electron chi connectivity index (χ3n) is 4.66. The zero-order valence-electron chi connectivity index (χ0n) is 14.8. The molecule has 1 aliphatic carbocycles. The lowest BCUT2D eigenvalue weighted by molar-refractivity contribution is -0.116. The number of halogens is 4. The Morgan fingerprint density at radius 1 is 1.29 bits per heavy atom. The van der Waals surface area contributed by atoms with Crippen LogP contribution in [0, 0.1) is 18.6 Å². The van der Waals surface area contributed by atoms with E-state index < -0.39 is 24.0 Å². The van der Waals surface area contributed by atoms with Gasteiger partial charge >= 0.3 is 0 Å². The number of nitrogens with zero attached hydrogens (tertiary/aromatic N) is 3. The highest BCUT2D eigenvalue weighted by atomic mass is 19.3. The highest BCUT2D eigenvalue weighted by Crippen LogP contribution is 2.41. The van der Waals surface area contributed by atoms with Crippen molar-refractivity contribution < 1.29 is 22.4 Å². The monoisotopic (exact) mass is 392 g/mol. The van der Waals surface area contributed by atoms with Crippen LogP contribution in [0.2, 0.25) is 0 Å². The number of carbonyl (C=O) groups excluding carboxylic acids is 1. The first-order chi connectivity index (χ1) is 13.3. The van der Waals surface area contributed by atoms with E-state index in [0.717, 1.165) is 25.0 Å². The first-order valence-corrected chi connectivity index (χ1v) is 8.74. The molecule has 0 spiro atoms. The second kappa shape index (κ2) is 6.88.